The summed E-state index contributed by atoms with van der Waals surface area (Å²) < 4.78 is 12.0. The van der Waals surface area contributed by atoms with Gasteiger partial charge in [-0.05, 0) is 28.3 Å². The van der Waals surface area contributed by atoms with Crippen LogP contribution in [0.2, 0.25) is 0 Å². The average Bonchev–Trinajstić information content (AvgIpc) is 2.83. The molecule has 0 unspecified atom stereocenters. The molecule has 1 heterocycles. The molecule has 0 radical (unpaired) electrons. The standard InChI is InChI=1S/C27H23NO2/c1-2-21-13-15-24(16-14-21)25-17-18-26(29-19-22-9-5-3-6-10-22)28-27(25)30-20-23-11-7-4-8-12-23/h2-18H,1,19-20H2. The van der Waals surface area contributed by atoms with E-state index in [1.165, 1.54) is 0 Å². The van der Waals surface area contributed by atoms with Crippen LogP contribution in [0.3, 0.4) is 0 Å². The van der Waals surface area contributed by atoms with Crippen LogP contribution in [0.25, 0.3) is 17.2 Å². The summed E-state index contributed by atoms with van der Waals surface area (Å²) >= 11 is 0. The monoisotopic (exact) mass is 393 g/mol. The molecule has 4 aromatic rings. The first-order chi connectivity index (χ1) is 14.8. The molecule has 0 saturated heterocycles. The van der Waals surface area contributed by atoms with Gasteiger partial charge >= 0.3 is 0 Å². The summed E-state index contributed by atoms with van der Waals surface area (Å²) in [5.41, 5.74) is 5.21. The molecule has 0 aliphatic carbocycles. The van der Waals surface area contributed by atoms with Crippen LogP contribution < -0.4 is 9.47 Å². The number of benzene rings is 3. The molecule has 1 aromatic heterocycles. The minimum absolute atomic E-state index is 0.438. The second kappa shape index (κ2) is 9.57. The largest absolute Gasteiger partial charge is 0.473 e. The molecule has 30 heavy (non-hydrogen) atoms. The highest BCUT2D eigenvalue weighted by Crippen LogP contribution is 2.31. The van der Waals surface area contributed by atoms with E-state index in [9.17, 15) is 0 Å². The molecule has 3 nitrogen and oxygen atoms in total. The van der Waals surface area contributed by atoms with E-state index in [2.05, 4.69) is 11.6 Å². The predicted molar refractivity (Wildman–Crippen MR) is 121 cm³/mol. The van der Waals surface area contributed by atoms with Gasteiger partial charge in [0.1, 0.15) is 13.2 Å². The quantitative estimate of drug-likeness (QED) is 0.340. The van der Waals surface area contributed by atoms with Crippen LogP contribution in [-0.4, -0.2) is 4.98 Å². The predicted octanol–water partition coefficient (Wildman–Crippen LogP) is 6.55. The van der Waals surface area contributed by atoms with E-state index in [-0.39, 0.29) is 0 Å². The van der Waals surface area contributed by atoms with Crippen molar-refractivity contribution in [2.24, 2.45) is 0 Å². The summed E-state index contributed by atoms with van der Waals surface area (Å²) in [4.78, 5) is 4.66. The van der Waals surface area contributed by atoms with Gasteiger partial charge in [0.25, 0.3) is 0 Å². The molecule has 0 bridgehead atoms. The highest BCUT2D eigenvalue weighted by atomic mass is 16.5. The third-order valence-electron chi connectivity index (χ3n) is 4.74. The second-order valence-corrected chi connectivity index (χ2v) is 6.88. The minimum atomic E-state index is 0.438. The van der Waals surface area contributed by atoms with Gasteiger partial charge in [0.2, 0.25) is 11.8 Å². The fourth-order valence-corrected chi connectivity index (χ4v) is 3.09. The van der Waals surface area contributed by atoms with E-state index >= 15 is 0 Å². The van der Waals surface area contributed by atoms with E-state index in [4.69, 9.17) is 9.47 Å². The highest BCUT2D eigenvalue weighted by molar-refractivity contribution is 5.70. The normalized spacial score (nSPS) is 10.4. The topological polar surface area (TPSA) is 31.4 Å². The van der Waals surface area contributed by atoms with E-state index in [0.29, 0.717) is 25.0 Å². The Kier molecular flexibility index (Phi) is 6.21. The van der Waals surface area contributed by atoms with Crippen LogP contribution in [0.15, 0.2) is 104 Å². The molecule has 0 N–H and O–H groups in total. The summed E-state index contributed by atoms with van der Waals surface area (Å²) in [5.74, 6) is 1.09. The zero-order chi connectivity index (χ0) is 20.6. The third kappa shape index (κ3) is 4.95. The maximum Gasteiger partial charge on any atom is 0.225 e. The lowest BCUT2D eigenvalue weighted by atomic mass is 10.1. The molecule has 0 fully saturated rings. The lowest BCUT2D eigenvalue weighted by Gasteiger charge is -2.13. The van der Waals surface area contributed by atoms with Crippen LogP contribution in [0.4, 0.5) is 0 Å². The van der Waals surface area contributed by atoms with Crippen molar-refractivity contribution in [3.8, 4) is 22.9 Å². The zero-order valence-corrected chi connectivity index (χ0v) is 16.7. The Morgan fingerprint density at radius 2 is 1.27 bits per heavy atom. The third-order valence-corrected chi connectivity index (χ3v) is 4.74. The van der Waals surface area contributed by atoms with Gasteiger partial charge in [0, 0.05) is 11.6 Å². The van der Waals surface area contributed by atoms with Gasteiger partial charge in [0.15, 0.2) is 0 Å². The Morgan fingerprint density at radius 3 is 1.87 bits per heavy atom. The maximum atomic E-state index is 6.12. The summed E-state index contributed by atoms with van der Waals surface area (Å²) in [6, 6.07) is 32.1. The van der Waals surface area contributed by atoms with Crippen molar-refractivity contribution < 1.29 is 9.47 Å². The fourth-order valence-electron chi connectivity index (χ4n) is 3.09. The van der Waals surface area contributed by atoms with Gasteiger partial charge in [0.05, 0.1) is 0 Å². The van der Waals surface area contributed by atoms with Crippen molar-refractivity contribution in [1.29, 1.82) is 0 Å². The Balaban J connectivity index is 1.59. The van der Waals surface area contributed by atoms with Gasteiger partial charge in [-0.15, -0.1) is 0 Å². The summed E-state index contributed by atoms with van der Waals surface area (Å²) in [6.07, 6.45) is 1.83. The number of rotatable bonds is 8. The lowest BCUT2D eigenvalue weighted by Crippen LogP contribution is -2.02. The molecular weight excluding hydrogens is 370 g/mol. The number of pyridine rings is 1. The van der Waals surface area contributed by atoms with Crippen LogP contribution >= 0.6 is 0 Å². The smallest absolute Gasteiger partial charge is 0.225 e. The Bertz CT molecular complexity index is 1090. The van der Waals surface area contributed by atoms with Gasteiger partial charge in [-0.25, -0.2) is 0 Å². The first-order valence-corrected chi connectivity index (χ1v) is 9.89. The maximum absolute atomic E-state index is 6.12. The Morgan fingerprint density at radius 1 is 0.667 bits per heavy atom. The van der Waals surface area contributed by atoms with Crippen molar-refractivity contribution >= 4 is 6.08 Å². The number of hydrogen-bond donors (Lipinski definition) is 0. The molecule has 0 spiro atoms. The number of hydrogen-bond acceptors (Lipinski definition) is 3. The van der Waals surface area contributed by atoms with E-state index < -0.39 is 0 Å². The van der Waals surface area contributed by atoms with Crippen molar-refractivity contribution in [1.82, 2.24) is 4.98 Å². The Labute approximate surface area is 177 Å². The van der Waals surface area contributed by atoms with E-state index in [0.717, 1.165) is 27.8 Å². The number of nitrogens with zero attached hydrogens (tertiary/aromatic N) is 1. The molecule has 0 atom stereocenters. The van der Waals surface area contributed by atoms with Crippen LogP contribution in [0.5, 0.6) is 11.8 Å². The molecule has 3 heteroatoms. The molecule has 3 aromatic carbocycles. The Hall–Kier alpha value is -3.85. The van der Waals surface area contributed by atoms with Gasteiger partial charge in [-0.1, -0.05) is 97.6 Å². The molecular formula is C27H23NO2. The van der Waals surface area contributed by atoms with E-state index in [1.54, 1.807) is 0 Å². The van der Waals surface area contributed by atoms with Gasteiger partial charge in [-0.3, -0.25) is 0 Å². The minimum Gasteiger partial charge on any atom is -0.473 e. The van der Waals surface area contributed by atoms with Crippen molar-refractivity contribution in [3.63, 3.8) is 0 Å². The van der Waals surface area contributed by atoms with Gasteiger partial charge in [-0.2, -0.15) is 4.98 Å². The SMILES string of the molecule is C=Cc1ccc(-c2ccc(OCc3ccccc3)nc2OCc2ccccc2)cc1. The summed E-state index contributed by atoms with van der Waals surface area (Å²) in [7, 11) is 0. The molecule has 0 aliphatic heterocycles. The van der Waals surface area contributed by atoms with Crippen LogP contribution in [-0.2, 0) is 13.2 Å². The fraction of sp³-hybridized carbons (Fsp3) is 0.0741. The molecule has 148 valence electrons. The molecule has 4 rings (SSSR count). The number of ether oxygens (including phenoxy) is 2. The first-order valence-electron chi connectivity index (χ1n) is 9.89. The van der Waals surface area contributed by atoms with Crippen LogP contribution in [0.1, 0.15) is 16.7 Å². The zero-order valence-electron chi connectivity index (χ0n) is 16.7. The highest BCUT2D eigenvalue weighted by Gasteiger charge is 2.11. The van der Waals surface area contributed by atoms with E-state index in [1.807, 2.05) is 103 Å². The molecule has 0 aliphatic rings. The summed E-state index contributed by atoms with van der Waals surface area (Å²) in [6.45, 7) is 4.71. The second-order valence-electron chi connectivity index (χ2n) is 6.88. The number of aromatic nitrogens is 1. The van der Waals surface area contributed by atoms with Crippen molar-refractivity contribution in [3.05, 3.63) is 120 Å². The average molecular weight is 393 g/mol. The van der Waals surface area contributed by atoms with Crippen LogP contribution in [0, 0.1) is 0 Å². The van der Waals surface area contributed by atoms with Gasteiger partial charge < -0.3 is 9.47 Å². The first kappa shape index (κ1) is 19.5. The lowest BCUT2D eigenvalue weighted by molar-refractivity contribution is 0.268. The molecule has 0 saturated carbocycles. The van der Waals surface area contributed by atoms with Crippen molar-refractivity contribution in [2.75, 3.05) is 0 Å². The molecule has 0 amide bonds. The summed E-state index contributed by atoms with van der Waals surface area (Å²) in [5, 5.41) is 0. The van der Waals surface area contributed by atoms with Crippen molar-refractivity contribution in [2.45, 2.75) is 13.2 Å².